The Morgan fingerprint density at radius 3 is 2.33 bits per heavy atom. The molecule has 3 rings (SSSR count). The number of nitrogens with one attached hydrogen (secondary N) is 1. The molecule has 2 aromatic rings. The van der Waals surface area contributed by atoms with Crippen LogP contribution in [0.5, 0.6) is 0 Å². The van der Waals surface area contributed by atoms with Crippen LogP contribution in [0.25, 0.3) is 0 Å². The van der Waals surface area contributed by atoms with Crippen LogP contribution in [-0.4, -0.2) is 48.0 Å². The smallest absolute Gasteiger partial charge is 0.257 e. The molecule has 0 radical (unpaired) electrons. The van der Waals surface area contributed by atoms with Gasteiger partial charge in [-0.3, -0.25) is 14.6 Å². The summed E-state index contributed by atoms with van der Waals surface area (Å²) in [6, 6.07) is 7.66. The SMILES string of the molecule is CCc1cccc(CC)c1NC(=O)c1cncc(C(=O)N2CCOCC2)c1. The third kappa shape index (κ3) is 4.34. The van der Waals surface area contributed by atoms with Gasteiger partial charge in [-0.25, -0.2) is 0 Å². The second-order valence-corrected chi connectivity index (χ2v) is 6.48. The third-order valence-corrected chi connectivity index (χ3v) is 4.78. The molecule has 142 valence electrons. The zero-order chi connectivity index (χ0) is 19.2. The number of aromatic nitrogens is 1. The lowest BCUT2D eigenvalue weighted by Gasteiger charge is -2.26. The lowest BCUT2D eigenvalue weighted by atomic mass is 10.0. The highest BCUT2D eigenvalue weighted by molar-refractivity contribution is 6.06. The van der Waals surface area contributed by atoms with E-state index in [0.717, 1.165) is 29.7 Å². The molecule has 0 saturated carbocycles. The predicted molar refractivity (Wildman–Crippen MR) is 104 cm³/mol. The normalized spacial score (nSPS) is 14.1. The molecule has 2 heterocycles. The maximum atomic E-state index is 12.8. The largest absolute Gasteiger partial charge is 0.378 e. The average molecular weight is 367 g/mol. The molecule has 1 saturated heterocycles. The van der Waals surface area contributed by atoms with Gasteiger partial charge in [-0.1, -0.05) is 32.0 Å². The van der Waals surface area contributed by atoms with Gasteiger partial charge in [0.15, 0.2) is 0 Å². The number of rotatable bonds is 5. The topological polar surface area (TPSA) is 71.5 Å². The van der Waals surface area contributed by atoms with E-state index in [2.05, 4.69) is 24.1 Å². The number of benzene rings is 1. The summed E-state index contributed by atoms with van der Waals surface area (Å²) >= 11 is 0. The summed E-state index contributed by atoms with van der Waals surface area (Å²) in [6.07, 6.45) is 4.66. The summed E-state index contributed by atoms with van der Waals surface area (Å²) < 4.78 is 5.28. The minimum Gasteiger partial charge on any atom is -0.378 e. The van der Waals surface area contributed by atoms with E-state index < -0.39 is 0 Å². The van der Waals surface area contributed by atoms with E-state index in [4.69, 9.17) is 4.74 Å². The summed E-state index contributed by atoms with van der Waals surface area (Å²) in [5.74, 6) is -0.376. The van der Waals surface area contributed by atoms with Crippen LogP contribution in [0.3, 0.4) is 0 Å². The van der Waals surface area contributed by atoms with Crippen LogP contribution in [-0.2, 0) is 17.6 Å². The number of hydrogen-bond acceptors (Lipinski definition) is 4. The molecule has 1 aliphatic heterocycles. The van der Waals surface area contributed by atoms with E-state index >= 15 is 0 Å². The maximum Gasteiger partial charge on any atom is 0.257 e. The van der Waals surface area contributed by atoms with Crippen molar-refractivity contribution in [1.82, 2.24) is 9.88 Å². The Bertz CT molecular complexity index is 807. The van der Waals surface area contributed by atoms with E-state index in [1.807, 2.05) is 18.2 Å². The standard InChI is InChI=1S/C21H25N3O3/c1-3-15-6-5-7-16(4-2)19(15)23-20(25)17-12-18(14-22-13-17)21(26)24-8-10-27-11-9-24/h5-7,12-14H,3-4,8-11H2,1-2H3,(H,23,25). The highest BCUT2D eigenvalue weighted by Gasteiger charge is 2.20. The summed E-state index contributed by atoms with van der Waals surface area (Å²) in [5.41, 5.74) is 3.84. The number of carbonyl (C=O) groups excluding carboxylic acids is 2. The molecular weight excluding hydrogens is 342 g/mol. The fraction of sp³-hybridized carbons (Fsp3) is 0.381. The Kier molecular flexibility index (Phi) is 6.19. The van der Waals surface area contributed by atoms with Crippen molar-refractivity contribution < 1.29 is 14.3 Å². The second-order valence-electron chi connectivity index (χ2n) is 6.48. The lowest BCUT2D eigenvalue weighted by molar-refractivity contribution is 0.0302. The van der Waals surface area contributed by atoms with Crippen LogP contribution in [0.2, 0.25) is 0 Å². The van der Waals surface area contributed by atoms with E-state index in [1.54, 1.807) is 11.0 Å². The third-order valence-electron chi connectivity index (χ3n) is 4.78. The Morgan fingerprint density at radius 2 is 1.70 bits per heavy atom. The minimum atomic E-state index is -0.255. The first-order valence-corrected chi connectivity index (χ1v) is 9.38. The van der Waals surface area contributed by atoms with Gasteiger partial charge in [0.2, 0.25) is 0 Å². The van der Waals surface area contributed by atoms with Crippen molar-refractivity contribution in [2.45, 2.75) is 26.7 Å². The molecule has 6 nitrogen and oxygen atoms in total. The molecule has 6 heteroatoms. The fourth-order valence-corrected chi connectivity index (χ4v) is 3.22. The number of aryl methyl sites for hydroxylation is 2. The zero-order valence-electron chi connectivity index (χ0n) is 15.8. The van der Waals surface area contributed by atoms with Crippen LogP contribution >= 0.6 is 0 Å². The van der Waals surface area contributed by atoms with E-state index in [1.165, 1.54) is 12.4 Å². The van der Waals surface area contributed by atoms with Crippen molar-refractivity contribution in [2.24, 2.45) is 0 Å². The zero-order valence-corrected chi connectivity index (χ0v) is 15.8. The summed E-state index contributed by atoms with van der Waals surface area (Å²) in [5, 5.41) is 3.02. The van der Waals surface area contributed by atoms with Crippen molar-refractivity contribution in [3.8, 4) is 0 Å². The number of amides is 2. The molecule has 1 aromatic heterocycles. The molecule has 0 aliphatic carbocycles. The van der Waals surface area contributed by atoms with E-state index in [9.17, 15) is 9.59 Å². The number of anilines is 1. The molecule has 0 unspecified atom stereocenters. The number of morpholine rings is 1. The summed E-state index contributed by atoms with van der Waals surface area (Å²) in [7, 11) is 0. The lowest BCUT2D eigenvalue weighted by Crippen LogP contribution is -2.40. The second kappa shape index (κ2) is 8.77. The van der Waals surface area contributed by atoms with Gasteiger partial charge in [-0.15, -0.1) is 0 Å². The number of pyridine rings is 1. The highest BCUT2D eigenvalue weighted by atomic mass is 16.5. The van der Waals surface area contributed by atoms with Crippen LogP contribution in [0.4, 0.5) is 5.69 Å². The number of para-hydroxylation sites is 1. The van der Waals surface area contributed by atoms with Gasteiger partial charge in [0.05, 0.1) is 24.3 Å². The first kappa shape index (κ1) is 19.0. The Morgan fingerprint density at radius 1 is 1.07 bits per heavy atom. The van der Waals surface area contributed by atoms with Crippen molar-refractivity contribution in [2.75, 3.05) is 31.6 Å². The molecule has 1 fully saturated rings. The number of nitrogens with zero attached hydrogens (tertiary/aromatic N) is 2. The van der Waals surface area contributed by atoms with Gasteiger partial charge in [-0.2, -0.15) is 0 Å². The van der Waals surface area contributed by atoms with Gasteiger partial charge >= 0.3 is 0 Å². The monoisotopic (exact) mass is 367 g/mol. The molecule has 1 N–H and O–H groups in total. The van der Waals surface area contributed by atoms with Crippen LogP contribution in [0.1, 0.15) is 45.7 Å². The first-order valence-electron chi connectivity index (χ1n) is 9.38. The van der Waals surface area contributed by atoms with Crippen LogP contribution in [0.15, 0.2) is 36.7 Å². The molecule has 0 spiro atoms. The van der Waals surface area contributed by atoms with Gasteiger partial charge in [-0.05, 0) is 30.0 Å². The van der Waals surface area contributed by atoms with E-state index in [-0.39, 0.29) is 11.8 Å². The Hall–Kier alpha value is -2.73. The number of hydrogen-bond donors (Lipinski definition) is 1. The predicted octanol–water partition coefficient (Wildman–Crippen LogP) is 2.93. The quantitative estimate of drug-likeness (QED) is 0.882. The molecule has 0 bridgehead atoms. The molecule has 2 amide bonds. The Balaban J connectivity index is 1.81. The molecular formula is C21H25N3O3. The average Bonchev–Trinajstić information content (AvgIpc) is 2.74. The molecule has 1 aromatic carbocycles. The van der Waals surface area contributed by atoms with E-state index in [0.29, 0.717) is 37.4 Å². The van der Waals surface area contributed by atoms with Crippen LogP contribution < -0.4 is 5.32 Å². The summed E-state index contributed by atoms with van der Waals surface area (Å²) in [6.45, 7) is 6.30. The molecule has 1 aliphatic rings. The summed E-state index contributed by atoms with van der Waals surface area (Å²) in [4.78, 5) is 31.3. The highest BCUT2D eigenvalue weighted by Crippen LogP contribution is 2.23. The van der Waals surface area contributed by atoms with Crippen molar-refractivity contribution in [3.63, 3.8) is 0 Å². The van der Waals surface area contributed by atoms with Crippen molar-refractivity contribution >= 4 is 17.5 Å². The van der Waals surface area contributed by atoms with Crippen molar-refractivity contribution in [3.05, 3.63) is 58.9 Å². The van der Waals surface area contributed by atoms with Crippen LogP contribution in [0, 0.1) is 0 Å². The molecule has 0 atom stereocenters. The maximum absolute atomic E-state index is 12.8. The van der Waals surface area contributed by atoms with Gasteiger partial charge in [0, 0.05) is 31.2 Å². The number of carbonyl (C=O) groups is 2. The molecule has 27 heavy (non-hydrogen) atoms. The van der Waals surface area contributed by atoms with Crippen molar-refractivity contribution in [1.29, 1.82) is 0 Å². The fourth-order valence-electron chi connectivity index (χ4n) is 3.22. The van der Waals surface area contributed by atoms with Gasteiger partial charge in [0.25, 0.3) is 11.8 Å². The first-order chi connectivity index (χ1) is 13.1. The Labute approximate surface area is 159 Å². The number of ether oxygens (including phenoxy) is 1. The van der Waals surface area contributed by atoms with Gasteiger partial charge in [0.1, 0.15) is 0 Å². The van der Waals surface area contributed by atoms with Gasteiger partial charge < -0.3 is 15.0 Å². The minimum absolute atomic E-state index is 0.122.